The molecular formula is C40H44F7N7O5S. The number of hydrogen-bond acceptors (Lipinski definition) is 11. The fraction of sp³-hybridized carbons (Fsp3) is 0.575. The lowest BCUT2D eigenvalue weighted by Gasteiger charge is -2.42. The molecule has 2 unspecified atom stereocenters. The van der Waals surface area contributed by atoms with Gasteiger partial charge in [0.1, 0.15) is 46.9 Å². The highest BCUT2D eigenvalue weighted by Crippen LogP contribution is 2.48. The van der Waals surface area contributed by atoms with Crippen molar-refractivity contribution in [3.05, 3.63) is 35.1 Å². The minimum absolute atomic E-state index is 0.0900. The van der Waals surface area contributed by atoms with E-state index >= 15 is 26.3 Å². The monoisotopic (exact) mass is 867 g/mol. The molecule has 8 rings (SSSR count). The zero-order valence-electron chi connectivity index (χ0n) is 33.7. The van der Waals surface area contributed by atoms with Gasteiger partial charge in [0.25, 0.3) is 0 Å². The van der Waals surface area contributed by atoms with E-state index in [1.807, 2.05) is 4.90 Å². The molecular weight excluding hydrogens is 824 g/mol. The van der Waals surface area contributed by atoms with Gasteiger partial charge in [-0.25, -0.2) is 32.1 Å². The van der Waals surface area contributed by atoms with Gasteiger partial charge in [0.05, 0.1) is 33.4 Å². The Hall–Kier alpha value is -4.72. The number of benzene rings is 2. The number of anilines is 2. The first kappa shape index (κ1) is 42.0. The Balaban J connectivity index is 1.28. The molecule has 4 aliphatic heterocycles. The summed E-state index contributed by atoms with van der Waals surface area (Å²) < 4.78 is 126. The number of rotatable bonds is 6. The number of aromatic nitrogens is 3. The summed E-state index contributed by atoms with van der Waals surface area (Å²) in [6.07, 6.45) is -5.30. The molecule has 4 atom stereocenters. The van der Waals surface area contributed by atoms with Gasteiger partial charge in [-0.05, 0) is 79.8 Å². The molecule has 60 heavy (non-hydrogen) atoms. The Morgan fingerprint density at radius 1 is 0.900 bits per heavy atom. The van der Waals surface area contributed by atoms with Gasteiger partial charge in [-0.1, -0.05) is 11.3 Å². The van der Waals surface area contributed by atoms with Crippen LogP contribution in [-0.4, -0.2) is 105 Å². The number of nitrogens with zero attached hydrogens (tertiary/aromatic N) is 6. The lowest BCUT2D eigenvalue weighted by atomic mass is 9.94. The third-order valence-electron chi connectivity index (χ3n) is 11.2. The van der Waals surface area contributed by atoms with Crippen LogP contribution >= 0.6 is 11.3 Å². The third kappa shape index (κ3) is 7.84. The average molecular weight is 868 g/mol. The molecule has 1 N–H and O–H groups in total. The number of carbonyl (C=O) groups is 2. The fourth-order valence-corrected chi connectivity index (χ4v) is 9.86. The van der Waals surface area contributed by atoms with Crippen LogP contribution in [0.15, 0.2) is 12.1 Å². The lowest BCUT2D eigenvalue weighted by Crippen LogP contribution is -2.57. The third-order valence-corrected chi connectivity index (χ3v) is 12.2. The molecule has 12 nitrogen and oxygen atoms in total. The van der Waals surface area contributed by atoms with Crippen LogP contribution in [0.2, 0.25) is 0 Å². The number of nitrogens with one attached hydrogen (secondary N) is 1. The minimum Gasteiger partial charge on any atom is -0.461 e. The van der Waals surface area contributed by atoms with E-state index in [2.05, 4.69) is 20.3 Å². The SMILES string of the molecule is CC(C)(C)OC(=O)Nc1nc2c(-c3c(C(F)(F)F)cc4c(N5CC6CCC(C5)N6C(=O)OC(C)(C)C)nc(OC[C@@]56CCCN5C[C@H](F)C6)nc4c3F)c(F)cc(F)c2s1. The Kier molecular flexibility index (Phi) is 10.3. The number of alkyl halides is 4. The molecule has 2 bridgehead atoms. The predicted octanol–water partition coefficient (Wildman–Crippen LogP) is 9.23. The molecule has 4 fully saturated rings. The standard InChI is InChI=1S/C40H44F7N7O5S/c1-37(2,3)58-35(55)51-34-49-30-27(24(42)13-25(43)31(30)60-34)26-23(40(45,46)47)12-22-29(28(26)44)48-33(57-18-39-10-7-11-53(39)15-19(41)14-39)50-32(22)52-16-20-8-9-21(17-52)54(20)36(56)59-38(4,5)6/h12-13,19-21H,7-11,14-18H2,1-6H3,(H,49,51,55)/t19-,20?,21?,39+/m1/s1. The maximum absolute atomic E-state index is 17.4. The van der Waals surface area contributed by atoms with Crippen LogP contribution in [0.3, 0.4) is 0 Å². The number of amides is 2. The summed E-state index contributed by atoms with van der Waals surface area (Å²) in [5, 5.41) is 1.56. The molecule has 20 heteroatoms. The van der Waals surface area contributed by atoms with Crippen LogP contribution in [0.4, 0.5) is 51.3 Å². The van der Waals surface area contributed by atoms with Crippen LogP contribution in [0, 0.1) is 17.5 Å². The second-order valence-corrected chi connectivity index (χ2v) is 18.9. The Morgan fingerprint density at radius 3 is 2.23 bits per heavy atom. The average Bonchev–Trinajstić information content (AvgIpc) is 3.85. The van der Waals surface area contributed by atoms with Crippen molar-refractivity contribution >= 4 is 55.6 Å². The van der Waals surface area contributed by atoms with Gasteiger partial charge in [-0.2, -0.15) is 23.1 Å². The lowest BCUT2D eigenvalue weighted by molar-refractivity contribution is -0.137. The van der Waals surface area contributed by atoms with E-state index in [4.69, 9.17) is 14.2 Å². The Morgan fingerprint density at radius 2 is 1.58 bits per heavy atom. The summed E-state index contributed by atoms with van der Waals surface area (Å²) in [6.45, 7) is 10.9. The van der Waals surface area contributed by atoms with Crippen molar-refractivity contribution in [2.24, 2.45) is 0 Å². The van der Waals surface area contributed by atoms with Crippen molar-refractivity contribution in [2.75, 3.05) is 43.0 Å². The van der Waals surface area contributed by atoms with E-state index in [0.29, 0.717) is 49.3 Å². The van der Waals surface area contributed by atoms with Crippen LogP contribution in [0.25, 0.3) is 32.2 Å². The zero-order chi connectivity index (χ0) is 43.3. The second kappa shape index (κ2) is 14.7. The first-order valence-electron chi connectivity index (χ1n) is 19.7. The van der Waals surface area contributed by atoms with E-state index in [1.54, 1.807) is 51.3 Å². The van der Waals surface area contributed by atoms with Crippen LogP contribution in [-0.2, 0) is 15.7 Å². The number of thiazole rings is 1. The number of ether oxygens (including phenoxy) is 3. The van der Waals surface area contributed by atoms with E-state index in [1.165, 1.54) is 0 Å². The van der Waals surface area contributed by atoms with Crippen molar-refractivity contribution in [3.63, 3.8) is 0 Å². The highest BCUT2D eigenvalue weighted by Gasteiger charge is 2.50. The normalized spacial score (nSPS) is 23.4. The molecule has 6 heterocycles. The van der Waals surface area contributed by atoms with Gasteiger partial charge in [-0.15, -0.1) is 0 Å². The van der Waals surface area contributed by atoms with Gasteiger partial charge in [0, 0.05) is 48.6 Å². The van der Waals surface area contributed by atoms with Gasteiger partial charge in [-0.3, -0.25) is 15.1 Å². The molecule has 2 aromatic heterocycles. The molecule has 0 radical (unpaired) electrons. The topological polar surface area (TPSA) is 122 Å². The number of hydrogen-bond donors (Lipinski definition) is 1. The molecule has 4 saturated heterocycles. The van der Waals surface area contributed by atoms with Crippen molar-refractivity contribution < 1.29 is 54.5 Å². The maximum Gasteiger partial charge on any atom is 0.417 e. The summed E-state index contributed by atoms with van der Waals surface area (Å²) >= 11 is 0.491. The molecule has 0 saturated carbocycles. The summed E-state index contributed by atoms with van der Waals surface area (Å²) in [5.74, 6) is -4.50. The number of carbonyl (C=O) groups excluding carboxylic acids is 2. The molecule has 2 aromatic carbocycles. The molecule has 0 aliphatic carbocycles. The highest BCUT2D eigenvalue weighted by atomic mass is 32.1. The van der Waals surface area contributed by atoms with E-state index in [9.17, 15) is 14.0 Å². The highest BCUT2D eigenvalue weighted by molar-refractivity contribution is 7.22. The number of halogens is 7. The summed E-state index contributed by atoms with van der Waals surface area (Å²) in [5.41, 5.74) is -7.72. The van der Waals surface area contributed by atoms with Crippen LogP contribution in [0.1, 0.15) is 79.2 Å². The first-order valence-corrected chi connectivity index (χ1v) is 20.5. The van der Waals surface area contributed by atoms with E-state index < -0.39 is 109 Å². The zero-order valence-corrected chi connectivity index (χ0v) is 34.6. The predicted molar refractivity (Wildman–Crippen MR) is 209 cm³/mol. The maximum atomic E-state index is 17.4. The first-order chi connectivity index (χ1) is 28.0. The second-order valence-electron chi connectivity index (χ2n) is 17.9. The van der Waals surface area contributed by atoms with Crippen LogP contribution < -0.4 is 15.0 Å². The number of piperazine rings is 1. The van der Waals surface area contributed by atoms with E-state index in [0.717, 1.165) is 6.42 Å². The van der Waals surface area contributed by atoms with Crippen molar-refractivity contribution in [1.29, 1.82) is 0 Å². The van der Waals surface area contributed by atoms with Gasteiger partial charge >= 0.3 is 24.4 Å². The molecule has 0 spiro atoms. The molecule has 4 aromatic rings. The van der Waals surface area contributed by atoms with Crippen molar-refractivity contribution in [3.8, 4) is 17.1 Å². The van der Waals surface area contributed by atoms with E-state index in [-0.39, 0.29) is 49.0 Å². The van der Waals surface area contributed by atoms with Gasteiger partial charge < -0.3 is 19.1 Å². The fourth-order valence-electron chi connectivity index (χ4n) is 9.00. The van der Waals surface area contributed by atoms with Crippen molar-refractivity contribution in [2.45, 2.75) is 115 Å². The quantitative estimate of drug-likeness (QED) is 0.188. The van der Waals surface area contributed by atoms with Crippen molar-refractivity contribution in [1.82, 2.24) is 24.8 Å². The number of fused-ring (bicyclic) bond motifs is 5. The Labute approximate surface area is 344 Å². The Bertz CT molecular complexity index is 2370. The smallest absolute Gasteiger partial charge is 0.417 e. The summed E-state index contributed by atoms with van der Waals surface area (Å²) in [6, 6.07) is -0.323. The summed E-state index contributed by atoms with van der Waals surface area (Å²) in [7, 11) is 0. The minimum atomic E-state index is -5.32. The van der Waals surface area contributed by atoms with Gasteiger partial charge in [0.2, 0.25) is 0 Å². The van der Waals surface area contributed by atoms with Gasteiger partial charge in [0.15, 0.2) is 10.9 Å². The molecule has 324 valence electrons. The molecule has 2 amide bonds. The summed E-state index contributed by atoms with van der Waals surface area (Å²) in [4.78, 5) is 44.0. The van der Waals surface area contributed by atoms with Crippen LogP contribution in [0.5, 0.6) is 6.01 Å². The largest absolute Gasteiger partial charge is 0.461 e. The molecule has 4 aliphatic rings.